The third-order valence-electron chi connectivity index (χ3n) is 4.44. The highest BCUT2D eigenvalue weighted by molar-refractivity contribution is 6.13. The first-order valence-electron chi connectivity index (χ1n) is 8.50. The predicted octanol–water partition coefficient (Wildman–Crippen LogP) is 4.38. The summed E-state index contributed by atoms with van der Waals surface area (Å²) >= 11 is 0. The van der Waals surface area contributed by atoms with E-state index in [1.165, 1.54) is 0 Å². The second kappa shape index (κ2) is 7.44. The molecule has 0 aliphatic rings. The standard InChI is InChI=1S/C21H22N2O3/c1-5-16-13(2)20(15-8-6-7-9-17(15)23-16)21(24)22-14-10-11-18(25-3)19(12-14)26-4/h6-12H,5H2,1-4H3,(H,22,24). The van der Waals surface area contributed by atoms with E-state index >= 15 is 0 Å². The number of carbonyl (C=O) groups is 1. The summed E-state index contributed by atoms with van der Waals surface area (Å²) < 4.78 is 10.6. The second-order valence-electron chi connectivity index (χ2n) is 5.95. The lowest BCUT2D eigenvalue weighted by atomic mass is 9.99. The van der Waals surface area contributed by atoms with E-state index in [1.54, 1.807) is 32.4 Å². The number of amides is 1. The Hall–Kier alpha value is -3.08. The Labute approximate surface area is 153 Å². The second-order valence-corrected chi connectivity index (χ2v) is 5.95. The van der Waals surface area contributed by atoms with E-state index in [0.29, 0.717) is 22.7 Å². The number of carbonyl (C=O) groups excluding carboxylic acids is 1. The summed E-state index contributed by atoms with van der Waals surface area (Å²) in [7, 11) is 3.15. The van der Waals surface area contributed by atoms with Crippen molar-refractivity contribution < 1.29 is 14.3 Å². The molecule has 3 aromatic rings. The van der Waals surface area contributed by atoms with Crippen LogP contribution in [0, 0.1) is 6.92 Å². The molecule has 3 rings (SSSR count). The Morgan fingerprint density at radius 2 is 1.81 bits per heavy atom. The Kier molecular flexibility index (Phi) is 5.07. The Bertz CT molecular complexity index is 967. The van der Waals surface area contributed by atoms with Gasteiger partial charge in [0.25, 0.3) is 5.91 Å². The number of hydrogen-bond acceptors (Lipinski definition) is 4. The van der Waals surface area contributed by atoms with Crippen molar-refractivity contribution in [3.05, 3.63) is 59.3 Å². The summed E-state index contributed by atoms with van der Waals surface area (Å²) in [6, 6.07) is 13.0. The molecule has 5 nitrogen and oxygen atoms in total. The van der Waals surface area contributed by atoms with Crippen LogP contribution in [0.5, 0.6) is 11.5 Å². The zero-order valence-electron chi connectivity index (χ0n) is 15.4. The molecule has 1 amide bonds. The van der Waals surface area contributed by atoms with Gasteiger partial charge in [-0.1, -0.05) is 25.1 Å². The predicted molar refractivity (Wildman–Crippen MR) is 103 cm³/mol. The number of rotatable bonds is 5. The number of aryl methyl sites for hydroxylation is 1. The molecule has 1 N–H and O–H groups in total. The summed E-state index contributed by atoms with van der Waals surface area (Å²) in [6.45, 7) is 3.99. The van der Waals surface area contributed by atoms with Crippen molar-refractivity contribution in [2.45, 2.75) is 20.3 Å². The normalized spacial score (nSPS) is 10.6. The van der Waals surface area contributed by atoms with Crippen molar-refractivity contribution in [1.29, 1.82) is 0 Å². The first-order chi connectivity index (χ1) is 12.6. The van der Waals surface area contributed by atoms with Crippen LogP contribution >= 0.6 is 0 Å². The van der Waals surface area contributed by atoms with Gasteiger partial charge in [-0.3, -0.25) is 9.78 Å². The van der Waals surface area contributed by atoms with Crippen LogP contribution in [0.25, 0.3) is 10.9 Å². The van der Waals surface area contributed by atoms with Gasteiger partial charge in [0.15, 0.2) is 11.5 Å². The molecule has 0 bridgehead atoms. The largest absolute Gasteiger partial charge is 0.493 e. The van der Waals surface area contributed by atoms with E-state index in [9.17, 15) is 4.79 Å². The highest BCUT2D eigenvalue weighted by Crippen LogP contribution is 2.31. The average Bonchev–Trinajstić information content (AvgIpc) is 2.67. The Morgan fingerprint density at radius 3 is 2.50 bits per heavy atom. The van der Waals surface area contributed by atoms with Crippen LogP contribution in [0.3, 0.4) is 0 Å². The first kappa shape index (κ1) is 17.7. The minimum absolute atomic E-state index is 0.164. The summed E-state index contributed by atoms with van der Waals surface area (Å²) in [6.07, 6.45) is 0.771. The number of hydrogen-bond donors (Lipinski definition) is 1. The molecule has 0 unspecified atom stereocenters. The number of fused-ring (bicyclic) bond motifs is 1. The van der Waals surface area contributed by atoms with E-state index < -0.39 is 0 Å². The number of ether oxygens (including phenoxy) is 2. The SMILES string of the molecule is CCc1nc2ccccc2c(C(=O)Nc2ccc(OC)c(OC)c2)c1C. The molecular formula is C21H22N2O3. The van der Waals surface area contributed by atoms with E-state index in [2.05, 4.69) is 10.3 Å². The summed E-state index contributed by atoms with van der Waals surface area (Å²) in [5.74, 6) is 1.02. The van der Waals surface area contributed by atoms with Gasteiger partial charge >= 0.3 is 0 Å². The highest BCUT2D eigenvalue weighted by Gasteiger charge is 2.18. The van der Waals surface area contributed by atoms with E-state index in [1.807, 2.05) is 38.1 Å². The number of nitrogens with zero attached hydrogens (tertiary/aromatic N) is 1. The fourth-order valence-electron chi connectivity index (χ4n) is 3.10. The van der Waals surface area contributed by atoms with Crippen molar-refractivity contribution in [3.8, 4) is 11.5 Å². The zero-order valence-corrected chi connectivity index (χ0v) is 15.4. The Morgan fingerprint density at radius 1 is 1.08 bits per heavy atom. The van der Waals surface area contributed by atoms with Gasteiger partial charge in [0.2, 0.25) is 0 Å². The van der Waals surface area contributed by atoms with Crippen LogP contribution in [0.4, 0.5) is 5.69 Å². The van der Waals surface area contributed by atoms with E-state index in [0.717, 1.165) is 28.6 Å². The lowest BCUT2D eigenvalue weighted by Gasteiger charge is -2.15. The van der Waals surface area contributed by atoms with Gasteiger partial charge in [0, 0.05) is 22.8 Å². The van der Waals surface area contributed by atoms with Crippen LogP contribution in [-0.2, 0) is 6.42 Å². The molecule has 0 saturated heterocycles. The van der Waals surface area contributed by atoms with E-state index in [4.69, 9.17) is 9.47 Å². The molecule has 1 heterocycles. The molecule has 0 atom stereocenters. The molecule has 0 radical (unpaired) electrons. The highest BCUT2D eigenvalue weighted by atomic mass is 16.5. The third kappa shape index (κ3) is 3.20. The maximum Gasteiger partial charge on any atom is 0.256 e. The van der Waals surface area contributed by atoms with Gasteiger partial charge in [-0.25, -0.2) is 0 Å². The zero-order chi connectivity index (χ0) is 18.7. The molecule has 0 fully saturated rings. The molecule has 1 aromatic heterocycles. The topological polar surface area (TPSA) is 60.5 Å². The number of para-hydroxylation sites is 1. The maximum absolute atomic E-state index is 13.1. The number of benzene rings is 2. The number of nitrogens with one attached hydrogen (secondary N) is 1. The lowest BCUT2D eigenvalue weighted by Crippen LogP contribution is -2.16. The summed E-state index contributed by atoms with van der Waals surface area (Å²) in [5.41, 5.74) is 3.96. The molecular weight excluding hydrogens is 328 g/mol. The number of methoxy groups -OCH3 is 2. The van der Waals surface area contributed by atoms with E-state index in [-0.39, 0.29) is 5.91 Å². The van der Waals surface area contributed by atoms with Gasteiger partial charge in [-0.05, 0) is 37.1 Å². The minimum atomic E-state index is -0.164. The number of anilines is 1. The number of aromatic nitrogens is 1. The fourth-order valence-corrected chi connectivity index (χ4v) is 3.10. The third-order valence-corrected chi connectivity index (χ3v) is 4.44. The number of pyridine rings is 1. The minimum Gasteiger partial charge on any atom is -0.493 e. The molecule has 0 aliphatic carbocycles. The molecule has 134 valence electrons. The smallest absolute Gasteiger partial charge is 0.256 e. The van der Waals surface area contributed by atoms with Crippen LogP contribution < -0.4 is 14.8 Å². The van der Waals surface area contributed by atoms with Crippen LogP contribution in [0.2, 0.25) is 0 Å². The van der Waals surface area contributed by atoms with Crippen molar-refractivity contribution >= 4 is 22.5 Å². The van der Waals surface area contributed by atoms with Crippen molar-refractivity contribution in [3.63, 3.8) is 0 Å². The van der Waals surface area contributed by atoms with Gasteiger partial charge in [-0.15, -0.1) is 0 Å². The van der Waals surface area contributed by atoms with Crippen LogP contribution in [-0.4, -0.2) is 25.1 Å². The van der Waals surface area contributed by atoms with Gasteiger partial charge in [0.1, 0.15) is 0 Å². The summed E-state index contributed by atoms with van der Waals surface area (Å²) in [5, 5.41) is 3.81. The van der Waals surface area contributed by atoms with Crippen molar-refractivity contribution in [1.82, 2.24) is 4.98 Å². The molecule has 26 heavy (non-hydrogen) atoms. The molecule has 5 heteroatoms. The van der Waals surface area contributed by atoms with Gasteiger partial charge < -0.3 is 14.8 Å². The quantitative estimate of drug-likeness (QED) is 0.742. The lowest BCUT2D eigenvalue weighted by molar-refractivity contribution is 0.102. The van der Waals surface area contributed by atoms with Gasteiger partial charge in [0.05, 0.1) is 25.3 Å². The van der Waals surface area contributed by atoms with Gasteiger partial charge in [-0.2, -0.15) is 0 Å². The molecule has 0 aliphatic heterocycles. The molecule has 2 aromatic carbocycles. The van der Waals surface area contributed by atoms with Crippen LogP contribution in [0.1, 0.15) is 28.5 Å². The van der Waals surface area contributed by atoms with Crippen molar-refractivity contribution in [2.24, 2.45) is 0 Å². The van der Waals surface area contributed by atoms with Crippen molar-refractivity contribution in [2.75, 3.05) is 19.5 Å². The first-order valence-corrected chi connectivity index (χ1v) is 8.50. The van der Waals surface area contributed by atoms with Crippen LogP contribution in [0.15, 0.2) is 42.5 Å². The Balaban J connectivity index is 2.04. The average molecular weight is 350 g/mol. The monoisotopic (exact) mass is 350 g/mol. The summed E-state index contributed by atoms with van der Waals surface area (Å²) in [4.78, 5) is 17.7. The fraction of sp³-hybridized carbons (Fsp3) is 0.238. The molecule has 0 saturated carbocycles. The molecule has 0 spiro atoms. The maximum atomic E-state index is 13.1.